The van der Waals surface area contributed by atoms with Crippen LogP contribution in [0, 0.1) is 6.92 Å². The van der Waals surface area contributed by atoms with Crippen LogP contribution < -0.4 is 5.32 Å². The molecule has 1 saturated heterocycles. The molecule has 0 saturated carbocycles. The number of nitrogens with one attached hydrogen (secondary N) is 1. The van der Waals surface area contributed by atoms with Crippen LogP contribution in [0.1, 0.15) is 35.6 Å². The highest BCUT2D eigenvalue weighted by Crippen LogP contribution is 2.20. The molecule has 3 rings (SSSR count). The van der Waals surface area contributed by atoms with Gasteiger partial charge in [-0.1, -0.05) is 54.6 Å². The zero-order valence-electron chi connectivity index (χ0n) is 13.7. The number of benzene rings is 2. The van der Waals surface area contributed by atoms with Crippen molar-refractivity contribution in [2.24, 2.45) is 0 Å². The van der Waals surface area contributed by atoms with Crippen molar-refractivity contribution in [2.45, 2.75) is 32.4 Å². The van der Waals surface area contributed by atoms with Crippen molar-refractivity contribution in [2.75, 3.05) is 13.1 Å². The number of carbonyl (C=O) groups is 1. The van der Waals surface area contributed by atoms with Crippen LogP contribution in [-0.2, 0) is 11.3 Å². The third kappa shape index (κ3) is 3.80. The first kappa shape index (κ1) is 15.8. The summed E-state index contributed by atoms with van der Waals surface area (Å²) >= 11 is 0. The number of hydrogen-bond acceptors (Lipinski definition) is 2. The number of amides is 1. The second-order valence-electron chi connectivity index (χ2n) is 6.18. The molecule has 0 bridgehead atoms. The molecule has 1 amide bonds. The second-order valence-corrected chi connectivity index (χ2v) is 6.18. The van der Waals surface area contributed by atoms with E-state index in [-0.39, 0.29) is 11.9 Å². The van der Waals surface area contributed by atoms with Gasteiger partial charge in [0.2, 0.25) is 5.91 Å². The first-order chi connectivity index (χ1) is 11.3. The van der Waals surface area contributed by atoms with Gasteiger partial charge in [0, 0.05) is 19.6 Å². The molecule has 1 atom stereocenters. The molecule has 1 aliphatic rings. The van der Waals surface area contributed by atoms with Gasteiger partial charge in [0.1, 0.15) is 6.04 Å². The largest absolute Gasteiger partial charge is 0.341 e. The number of hydrogen-bond donors (Lipinski definition) is 1. The van der Waals surface area contributed by atoms with Gasteiger partial charge in [0.15, 0.2) is 0 Å². The third-order valence-corrected chi connectivity index (χ3v) is 4.56. The first-order valence-electron chi connectivity index (χ1n) is 8.37. The van der Waals surface area contributed by atoms with E-state index in [1.165, 1.54) is 11.1 Å². The molecule has 3 nitrogen and oxygen atoms in total. The molecular weight excluding hydrogens is 284 g/mol. The topological polar surface area (TPSA) is 32.3 Å². The van der Waals surface area contributed by atoms with E-state index in [1.54, 1.807) is 0 Å². The zero-order valence-corrected chi connectivity index (χ0v) is 13.7. The predicted octanol–water partition coefficient (Wildman–Crippen LogP) is 3.45. The first-order valence-corrected chi connectivity index (χ1v) is 8.37. The van der Waals surface area contributed by atoms with E-state index in [9.17, 15) is 4.79 Å². The lowest BCUT2D eigenvalue weighted by Gasteiger charge is -2.25. The average Bonchev–Trinajstić information content (AvgIpc) is 3.12. The van der Waals surface area contributed by atoms with Crippen molar-refractivity contribution in [1.82, 2.24) is 10.2 Å². The monoisotopic (exact) mass is 308 g/mol. The molecule has 0 aliphatic carbocycles. The van der Waals surface area contributed by atoms with Crippen LogP contribution in [-0.4, -0.2) is 23.9 Å². The van der Waals surface area contributed by atoms with Crippen LogP contribution in [0.3, 0.4) is 0 Å². The number of carbonyl (C=O) groups excluding carboxylic acids is 1. The van der Waals surface area contributed by atoms with Crippen molar-refractivity contribution in [1.29, 1.82) is 0 Å². The van der Waals surface area contributed by atoms with Gasteiger partial charge < -0.3 is 4.90 Å². The second kappa shape index (κ2) is 7.42. The average molecular weight is 308 g/mol. The van der Waals surface area contributed by atoms with Crippen LogP contribution in [0.5, 0.6) is 0 Å². The summed E-state index contributed by atoms with van der Waals surface area (Å²) in [4.78, 5) is 14.9. The van der Waals surface area contributed by atoms with E-state index in [0.29, 0.717) is 6.54 Å². The quantitative estimate of drug-likeness (QED) is 0.917. The minimum Gasteiger partial charge on any atom is -0.341 e. The highest BCUT2D eigenvalue weighted by molar-refractivity contribution is 5.83. The van der Waals surface area contributed by atoms with Gasteiger partial charge in [-0.15, -0.1) is 0 Å². The summed E-state index contributed by atoms with van der Waals surface area (Å²) in [6.45, 7) is 4.57. The number of aryl methyl sites for hydroxylation is 1. The molecule has 1 fully saturated rings. The Morgan fingerprint density at radius 2 is 1.70 bits per heavy atom. The molecule has 2 aromatic carbocycles. The lowest BCUT2D eigenvalue weighted by molar-refractivity contribution is -0.132. The minimum atomic E-state index is -0.270. The molecule has 2 aromatic rings. The molecule has 0 aromatic heterocycles. The van der Waals surface area contributed by atoms with Crippen molar-refractivity contribution < 1.29 is 4.79 Å². The van der Waals surface area contributed by atoms with Gasteiger partial charge in [-0.05, 0) is 36.5 Å². The Bertz CT molecular complexity index is 648. The molecule has 1 heterocycles. The molecule has 0 spiro atoms. The van der Waals surface area contributed by atoms with Crippen LogP contribution >= 0.6 is 0 Å². The Labute approximate surface area is 138 Å². The van der Waals surface area contributed by atoms with Crippen molar-refractivity contribution >= 4 is 5.91 Å². The molecular formula is C20H24N2O. The summed E-state index contributed by atoms with van der Waals surface area (Å²) in [6.07, 6.45) is 2.23. The summed E-state index contributed by atoms with van der Waals surface area (Å²) in [7, 11) is 0. The van der Waals surface area contributed by atoms with Crippen LogP contribution in [0.25, 0.3) is 0 Å². The molecule has 0 radical (unpaired) electrons. The predicted molar refractivity (Wildman–Crippen MR) is 93.0 cm³/mol. The van der Waals surface area contributed by atoms with Crippen molar-refractivity contribution in [3.05, 3.63) is 71.3 Å². The smallest absolute Gasteiger partial charge is 0.244 e. The number of nitrogens with zero attached hydrogens (tertiary/aromatic N) is 1. The maximum Gasteiger partial charge on any atom is 0.244 e. The molecule has 120 valence electrons. The number of rotatable bonds is 5. The number of likely N-dealkylation sites (tertiary alicyclic amines) is 1. The van der Waals surface area contributed by atoms with Gasteiger partial charge >= 0.3 is 0 Å². The molecule has 1 N–H and O–H groups in total. The van der Waals surface area contributed by atoms with Gasteiger partial charge in [0.25, 0.3) is 0 Å². The fourth-order valence-corrected chi connectivity index (χ4v) is 3.13. The Balaban J connectivity index is 1.78. The Morgan fingerprint density at radius 3 is 2.39 bits per heavy atom. The lowest BCUT2D eigenvalue weighted by atomic mass is 10.0. The standard InChI is InChI=1S/C20H24N2O/c1-16-9-5-6-12-18(16)15-21-19(17-10-3-2-4-11-17)20(23)22-13-7-8-14-22/h2-6,9-12,19,21H,7-8,13-15H2,1H3. The summed E-state index contributed by atoms with van der Waals surface area (Å²) in [5, 5.41) is 3.48. The Hall–Kier alpha value is -2.13. The van der Waals surface area contributed by atoms with Gasteiger partial charge in [0.05, 0.1) is 0 Å². The fourth-order valence-electron chi connectivity index (χ4n) is 3.13. The van der Waals surface area contributed by atoms with Crippen molar-refractivity contribution in [3.63, 3.8) is 0 Å². The Kier molecular flexibility index (Phi) is 5.09. The van der Waals surface area contributed by atoms with Crippen LogP contribution in [0.15, 0.2) is 54.6 Å². The fraction of sp³-hybridized carbons (Fsp3) is 0.350. The van der Waals surface area contributed by atoms with E-state index in [4.69, 9.17) is 0 Å². The van der Waals surface area contributed by atoms with Crippen LogP contribution in [0.2, 0.25) is 0 Å². The highest BCUT2D eigenvalue weighted by Gasteiger charge is 2.27. The molecule has 1 aliphatic heterocycles. The summed E-state index contributed by atoms with van der Waals surface area (Å²) < 4.78 is 0. The maximum absolute atomic E-state index is 12.9. The van der Waals surface area contributed by atoms with E-state index < -0.39 is 0 Å². The zero-order chi connectivity index (χ0) is 16.1. The highest BCUT2D eigenvalue weighted by atomic mass is 16.2. The molecule has 1 unspecified atom stereocenters. The van der Waals surface area contributed by atoms with Gasteiger partial charge in [-0.2, -0.15) is 0 Å². The molecule has 23 heavy (non-hydrogen) atoms. The minimum absolute atomic E-state index is 0.197. The summed E-state index contributed by atoms with van der Waals surface area (Å²) in [5.74, 6) is 0.197. The van der Waals surface area contributed by atoms with Crippen molar-refractivity contribution in [3.8, 4) is 0 Å². The summed E-state index contributed by atoms with van der Waals surface area (Å²) in [5.41, 5.74) is 3.53. The lowest BCUT2D eigenvalue weighted by Crippen LogP contribution is -2.39. The normalized spacial score (nSPS) is 15.6. The van der Waals surface area contributed by atoms with E-state index in [1.807, 2.05) is 47.4 Å². The summed E-state index contributed by atoms with van der Waals surface area (Å²) in [6, 6.07) is 18.1. The van der Waals surface area contributed by atoms with Crippen LogP contribution in [0.4, 0.5) is 0 Å². The van der Waals surface area contributed by atoms with Gasteiger partial charge in [-0.3, -0.25) is 10.1 Å². The maximum atomic E-state index is 12.9. The Morgan fingerprint density at radius 1 is 1.04 bits per heavy atom. The van der Waals surface area contributed by atoms with Gasteiger partial charge in [-0.25, -0.2) is 0 Å². The van der Waals surface area contributed by atoms with E-state index in [0.717, 1.165) is 31.5 Å². The van der Waals surface area contributed by atoms with E-state index >= 15 is 0 Å². The third-order valence-electron chi connectivity index (χ3n) is 4.56. The molecule has 3 heteroatoms. The van der Waals surface area contributed by atoms with E-state index in [2.05, 4.69) is 24.4 Å². The SMILES string of the molecule is Cc1ccccc1CNC(C(=O)N1CCCC1)c1ccccc1.